The first-order valence-electron chi connectivity index (χ1n) is 6.78. The van der Waals surface area contributed by atoms with Crippen LogP contribution in [0.5, 0.6) is 0 Å². The summed E-state index contributed by atoms with van der Waals surface area (Å²) in [7, 11) is 0. The van der Waals surface area contributed by atoms with Gasteiger partial charge < -0.3 is 15.7 Å². The van der Waals surface area contributed by atoms with Gasteiger partial charge in [-0.1, -0.05) is 17.9 Å². The summed E-state index contributed by atoms with van der Waals surface area (Å²) in [5.74, 6) is 5.47. The number of aliphatic hydroxyl groups is 1. The van der Waals surface area contributed by atoms with Gasteiger partial charge in [0.25, 0.3) is 5.91 Å². The molecule has 2 amide bonds. The molecule has 5 nitrogen and oxygen atoms in total. The SMILES string of the molecule is CC(=O)NCCNC(=O)c1cccc(C#CCCO)c1C. The highest BCUT2D eigenvalue weighted by Gasteiger charge is 2.10. The zero-order valence-electron chi connectivity index (χ0n) is 12.3. The second kappa shape index (κ2) is 8.77. The summed E-state index contributed by atoms with van der Waals surface area (Å²) < 4.78 is 0. The van der Waals surface area contributed by atoms with Crippen LogP contribution in [0.3, 0.4) is 0 Å². The van der Waals surface area contributed by atoms with Crippen LogP contribution >= 0.6 is 0 Å². The predicted octanol–water partition coefficient (Wildman–Crippen LogP) is 0.595. The van der Waals surface area contributed by atoms with Gasteiger partial charge in [-0.2, -0.15) is 0 Å². The highest BCUT2D eigenvalue weighted by atomic mass is 16.2. The van der Waals surface area contributed by atoms with Gasteiger partial charge in [0.2, 0.25) is 5.91 Å². The zero-order valence-corrected chi connectivity index (χ0v) is 12.3. The number of carbonyl (C=O) groups is 2. The molecule has 0 unspecified atom stereocenters. The van der Waals surface area contributed by atoms with Crippen molar-refractivity contribution < 1.29 is 14.7 Å². The molecule has 0 aliphatic carbocycles. The van der Waals surface area contributed by atoms with E-state index in [1.165, 1.54) is 6.92 Å². The Morgan fingerprint density at radius 1 is 1.24 bits per heavy atom. The lowest BCUT2D eigenvalue weighted by Gasteiger charge is -2.09. The normalized spacial score (nSPS) is 9.48. The van der Waals surface area contributed by atoms with Crippen LogP contribution in [0.2, 0.25) is 0 Å². The average Bonchev–Trinajstić information content (AvgIpc) is 2.45. The number of amides is 2. The molecule has 0 aromatic heterocycles. The number of aliphatic hydroxyl groups excluding tert-OH is 1. The Bertz CT molecular complexity index is 571. The van der Waals surface area contributed by atoms with E-state index in [0.29, 0.717) is 25.1 Å². The summed E-state index contributed by atoms with van der Waals surface area (Å²) >= 11 is 0. The van der Waals surface area contributed by atoms with E-state index in [-0.39, 0.29) is 18.4 Å². The molecule has 0 atom stereocenters. The van der Waals surface area contributed by atoms with Crippen molar-refractivity contribution in [1.29, 1.82) is 0 Å². The first-order valence-corrected chi connectivity index (χ1v) is 6.78. The van der Waals surface area contributed by atoms with Crippen molar-refractivity contribution in [3.63, 3.8) is 0 Å². The van der Waals surface area contributed by atoms with Crippen molar-refractivity contribution >= 4 is 11.8 Å². The van der Waals surface area contributed by atoms with Crippen LogP contribution in [0.4, 0.5) is 0 Å². The molecule has 1 aromatic carbocycles. The Hall–Kier alpha value is -2.32. The second-order valence-corrected chi connectivity index (χ2v) is 4.49. The van der Waals surface area contributed by atoms with Crippen molar-refractivity contribution in [3.8, 4) is 11.8 Å². The molecule has 0 aliphatic rings. The first kappa shape index (κ1) is 16.7. The van der Waals surface area contributed by atoms with Crippen LogP contribution in [0.25, 0.3) is 0 Å². The van der Waals surface area contributed by atoms with E-state index in [9.17, 15) is 9.59 Å². The van der Waals surface area contributed by atoms with Gasteiger partial charge in [-0.25, -0.2) is 0 Å². The van der Waals surface area contributed by atoms with Crippen molar-refractivity contribution in [2.24, 2.45) is 0 Å². The quantitative estimate of drug-likeness (QED) is 0.548. The van der Waals surface area contributed by atoms with E-state index in [4.69, 9.17) is 5.11 Å². The monoisotopic (exact) mass is 288 g/mol. The number of hydrogen-bond acceptors (Lipinski definition) is 3. The number of carbonyl (C=O) groups excluding carboxylic acids is 2. The van der Waals surface area contributed by atoms with E-state index in [1.807, 2.05) is 13.0 Å². The molecule has 0 spiro atoms. The van der Waals surface area contributed by atoms with Crippen LogP contribution in [-0.4, -0.2) is 36.6 Å². The number of hydrogen-bond donors (Lipinski definition) is 3. The topological polar surface area (TPSA) is 78.4 Å². The maximum Gasteiger partial charge on any atom is 0.251 e. The fourth-order valence-electron chi connectivity index (χ4n) is 1.74. The minimum atomic E-state index is -0.191. The Morgan fingerprint density at radius 2 is 1.95 bits per heavy atom. The average molecular weight is 288 g/mol. The maximum atomic E-state index is 12.1. The third kappa shape index (κ3) is 5.67. The lowest BCUT2D eigenvalue weighted by molar-refractivity contribution is -0.118. The molecule has 0 saturated heterocycles. The highest BCUT2D eigenvalue weighted by molar-refractivity contribution is 5.96. The van der Waals surface area contributed by atoms with Crippen LogP contribution in [-0.2, 0) is 4.79 Å². The summed E-state index contributed by atoms with van der Waals surface area (Å²) in [6.07, 6.45) is 0.409. The number of benzene rings is 1. The summed E-state index contributed by atoms with van der Waals surface area (Å²) in [6.45, 7) is 4.07. The Morgan fingerprint density at radius 3 is 2.62 bits per heavy atom. The van der Waals surface area contributed by atoms with Crippen LogP contribution in [0, 0.1) is 18.8 Å². The summed E-state index contributed by atoms with van der Waals surface area (Å²) in [5.41, 5.74) is 2.14. The van der Waals surface area contributed by atoms with Gasteiger partial charge in [0.1, 0.15) is 0 Å². The lowest BCUT2D eigenvalue weighted by Crippen LogP contribution is -2.33. The predicted molar refractivity (Wildman–Crippen MR) is 80.8 cm³/mol. The zero-order chi connectivity index (χ0) is 15.7. The molecular formula is C16H20N2O3. The molecule has 0 bridgehead atoms. The van der Waals surface area contributed by atoms with E-state index >= 15 is 0 Å². The molecule has 3 N–H and O–H groups in total. The molecule has 0 saturated carbocycles. The molecule has 112 valence electrons. The van der Waals surface area contributed by atoms with Crippen molar-refractivity contribution in [2.45, 2.75) is 20.3 Å². The Kier molecular flexibility index (Phi) is 6.99. The maximum absolute atomic E-state index is 12.1. The van der Waals surface area contributed by atoms with Crippen LogP contribution < -0.4 is 10.6 Å². The number of rotatable bonds is 5. The van der Waals surface area contributed by atoms with Gasteiger partial charge in [-0.3, -0.25) is 9.59 Å². The minimum absolute atomic E-state index is 0.0232. The van der Waals surface area contributed by atoms with Gasteiger partial charge in [0, 0.05) is 37.6 Å². The molecule has 0 aliphatic heterocycles. The number of nitrogens with one attached hydrogen (secondary N) is 2. The molecular weight excluding hydrogens is 268 g/mol. The molecule has 5 heteroatoms. The molecule has 1 rings (SSSR count). The largest absolute Gasteiger partial charge is 0.395 e. The van der Waals surface area contributed by atoms with E-state index in [1.54, 1.807) is 12.1 Å². The standard InChI is InChI=1S/C16H20N2O3/c1-12-14(6-3-4-11-19)7-5-8-15(12)16(21)18-10-9-17-13(2)20/h5,7-8,19H,4,9-11H2,1-2H3,(H,17,20)(H,18,21). The summed E-state index contributed by atoms with van der Waals surface area (Å²) in [4.78, 5) is 22.8. The fraction of sp³-hybridized carbons (Fsp3) is 0.375. The molecule has 21 heavy (non-hydrogen) atoms. The summed E-state index contributed by atoms with van der Waals surface area (Å²) in [6, 6.07) is 5.35. The van der Waals surface area contributed by atoms with Crippen molar-refractivity contribution in [2.75, 3.05) is 19.7 Å². The molecule has 0 radical (unpaired) electrons. The van der Waals surface area contributed by atoms with Crippen molar-refractivity contribution in [1.82, 2.24) is 10.6 Å². The molecule has 1 aromatic rings. The first-order chi connectivity index (χ1) is 10.1. The second-order valence-electron chi connectivity index (χ2n) is 4.49. The lowest BCUT2D eigenvalue weighted by atomic mass is 10.0. The van der Waals surface area contributed by atoms with Gasteiger partial charge >= 0.3 is 0 Å². The smallest absolute Gasteiger partial charge is 0.251 e. The van der Waals surface area contributed by atoms with Crippen LogP contribution in [0.15, 0.2) is 18.2 Å². The Balaban J connectivity index is 2.70. The van der Waals surface area contributed by atoms with Crippen LogP contribution in [0.1, 0.15) is 34.8 Å². The Labute approximate surface area is 124 Å². The van der Waals surface area contributed by atoms with Gasteiger partial charge in [-0.15, -0.1) is 0 Å². The van der Waals surface area contributed by atoms with Gasteiger partial charge in [0.05, 0.1) is 6.61 Å². The summed E-state index contributed by atoms with van der Waals surface area (Å²) in [5, 5.41) is 14.1. The minimum Gasteiger partial charge on any atom is -0.395 e. The van der Waals surface area contributed by atoms with E-state index in [2.05, 4.69) is 22.5 Å². The highest BCUT2D eigenvalue weighted by Crippen LogP contribution is 2.12. The van der Waals surface area contributed by atoms with E-state index in [0.717, 1.165) is 11.1 Å². The van der Waals surface area contributed by atoms with Crippen molar-refractivity contribution in [3.05, 3.63) is 34.9 Å². The molecule has 0 heterocycles. The third-order valence-electron chi connectivity index (χ3n) is 2.82. The molecule has 0 fully saturated rings. The van der Waals surface area contributed by atoms with Gasteiger partial charge in [0.15, 0.2) is 0 Å². The fourth-order valence-corrected chi connectivity index (χ4v) is 1.74. The van der Waals surface area contributed by atoms with Gasteiger partial charge in [-0.05, 0) is 24.6 Å². The third-order valence-corrected chi connectivity index (χ3v) is 2.82. The van der Waals surface area contributed by atoms with E-state index < -0.39 is 0 Å².